The molecule has 0 spiro atoms. The van der Waals surface area contributed by atoms with E-state index in [-0.39, 0.29) is 0 Å². The fourth-order valence-corrected chi connectivity index (χ4v) is 2.61. The van der Waals surface area contributed by atoms with Gasteiger partial charge in [-0.15, -0.1) is 11.3 Å². The Morgan fingerprint density at radius 3 is 2.65 bits per heavy atom. The summed E-state index contributed by atoms with van der Waals surface area (Å²) < 4.78 is 5.29. The highest BCUT2D eigenvalue weighted by atomic mass is 32.1. The first-order chi connectivity index (χ1) is 9.74. The topological polar surface area (TPSA) is 77.8 Å². The number of rotatable bonds is 4. The predicted molar refractivity (Wildman–Crippen MR) is 77.3 cm³/mol. The SMILES string of the molecule is Cc1csc(Cc2noc(-c3ccc(CN)cc3)n2)n1. The Morgan fingerprint density at radius 2 is 2.00 bits per heavy atom. The van der Waals surface area contributed by atoms with Crippen LogP contribution in [0.2, 0.25) is 0 Å². The Balaban J connectivity index is 1.78. The zero-order valence-corrected chi connectivity index (χ0v) is 11.9. The highest BCUT2D eigenvalue weighted by Gasteiger charge is 2.10. The standard InChI is InChI=1S/C14H14N4OS/c1-9-8-20-13(16-9)6-12-17-14(19-18-12)11-4-2-10(7-15)3-5-11/h2-5,8H,6-7,15H2,1H3. The van der Waals surface area contributed by atoms with Crippen molar-refractivity contribution in [3.8, 4) is 11.5 Å². The molecule has 0 fully saturated rings. The third kappa shape index (κ3) is 2.76. The van der Waals surface area contributed by atoms with Gasteiger partial charge in [-0.3, -0.25) is 0 Å². The lowest BCUT2D eigenvalue weighted by Gasteiger charge is -1.97. The first-order valence-electron chi connectivity index (χ1n) is 6.27. The first kappa shape index (κ1) is 13.0. The molecule has 3 rings (SSSR count). The number of hydrogen-bond donors (Lipinski definition) is 1. The molecule has 0 saturated carbocycles. The molecule has 0 aliphatic carbocycles. The van der Waals surface area contributed by atoms with Crippen molar-refractivity contribution in [3.63, 3.8) is 0 Å². The molecule has 3 aromatic rings. The molecule has 2 aromatic heterocycles. The lowest BCUT2D eigenvalue weighted by atomic mass is 10.1. The summed E-state index contributed by atoms with van der Waals surface area (Å²) in [6, 6.07) is 7.80. The van der Waals surface area contributed by atoms with Gasteiger partial charge in [-0.25, -0.2) is 4.98 Å². The average Bonchev–Trinajstić information content (AvgIpc) is 3.09. The van der Waals surface area contributed by atoms with Crippen LogP contribution < -0.4 is 5.73 Å². The van der Waals surface area contributed by atoms with Gasteiger partial charge in [0.15, 0.2) is 5.82 Å². The fourth-order valence-electron chi connectivity index (χ4n) is 1.85. The second-order valence-electron chi connectivity index (χ2n) is 4.48. The molecule has 2 N–H and O–H groups in total. The predicted octanol–water partition coefficient (Wildman–Crippen LogP) is 2.55. The van der Waals surface area contributed by atoms with Crippen molar-refractivity contribution in [2.75, 3.05) is 0 Å². The maximum absolute atomic E-state index is 5.57. The molecule has 0 unspecified atom stereocenters. The number of hydrogen-bond acceptors (Lipinski definition) is 6. The summed E-state index contributed by atoms with van der Waals surface area (Å²) in [4.78, 5) is 8.79. The summed E-state index contributed by atoms with van der Waals surface area (Å²) in [7, 11) is 0. The van der Waals surface area contributed by atoms with E-state index in [1.54, 1.807) is 11.3 Å². The fraction of sp³-hybridized carbons (Fsp3) is 0.214. The maximum atomic E-state index is 5.57. The van der Waals surface area contributed by atoms with Gasteiger partial charge in [-0.05, 0) is 24.6 Å². The summed E-state index contributed by atoms with van der Waals surface area (Å²) >= 11 is 1.61. The Hall–Kier alpha value is -2.05. The molecular weight excluding hydrogens is 272 g/mol. The van der Waals surface area contributed by atoms with Crippen molar-refractivity contribution in [1.29, 1.82) is 0 Å². The molecule has 0 radical (unpaired) electrons. The van der Waals surface area contributed by atoms with E-state index in [9.17, 15) is 0 Å². The lowest BCUT2D eigenvalue weighted by molar-refractivity contribution is 0.424. The molecule has 0 atom stereocenters. The molecule has 0 aliphatic rings. The molecule has 0 aliphatic heterocycles. The Morgan fingerprint density at radius 1 is 1.20 bits per heavy atom. The molecule has 5 nitrogen and oxygen atoms in total. The van der Waals surface area contributed by atoms with Crippen molar-refractivity contribution in [3.05, 3.63) is 51.7 Å². The number of benzene rings is 1. The second-order valence-corrected chi connectivity index (χ2v) is 5.42. The Bertz CT molecular complexity index is 702. The van der Waals surface area contributed by atoms with Crippen molar-refractivity contribution in [1.82, 2.24) is 15.1 Å². The molecule has 1 aromatic carbocycles. The largest absolute Gasteiger partial charge is 0.334 e. The smallest absolute Gasteiger partial charge is 0.257 e. The van der Waals surface area contributed by atoms with Crippen LogP contribution >= 0.6 is 11.3 Å². The van der Waals surface area contributed by atoms with E-state index in [1.165, 1.54) is 0 Å². The molecule has 102 valence electrons. The van der Waals surface area contributed by atoms with Gasteiger partial charge in [-0.2, -0.15) is 4.98 Å². The van der Waals surface area contributed by atoms with Crippen LogP contribution in [0, 0.1) is 6.92 Å². The van der Waals surface area contributed by atoms with Crippen LogP contribution in [0.25, 0.3) is 11.5 Å². The van der Waals surface area contributed by atoms with Gasteiger partial charge in [0, 0.05) is 23.2 Å². The van der Waals surface area contributed by atoms with Gasteiger partial charge in [-0.1, -0.05) is 17.3 Å². The van der Waals surface area contributed by atoms with Crippen molar-refractivity contribution in [2.45, 2.75) is 19.9 Å². The van der Waals surface area contributed by atoms with E-state index in [1.807, 2.05) is 36.6 Å². The molecule has 20 heavy (non-hydrogen) atoms. The Labute approximate surface area is 120 Å². The molecule has 2 heterocycles. The molecular formula is C14H14N4OS. The minimum atomic E-state index is 0.525. The van der Waals surface area contributed by atoms with E-state index in [4.69, 9.17) is 10.3 Å². The molecule has 6 heteroatoms. The number of aryl methyl sites for hydroxylation is 1. The van der Waals surface area contributed by atoms with Gasteiger partial charge in [0.25, 0.3) is 5.89 Å². The zero-order chi connectivity index (χ0) is 13.9. The van der Waals surface area contributed by atoms with Crippen molar-refractivity contribution in [2.24, 2.45) is 5.73 Å². The first-order valence-corrected chi connectivity index (χ1v) is 7.15. The molecule has 0 bridgehead atoms. The minimum absolute atomic E-state index is 0.525. The van der Waals surface area contributed by atoms with Crippen molar-refractivity contribution < 1.29 is 4.52 Å². The maximum Gasteiger partial charge on any atom is 0.257 e. The van der Waals surface area contributed by atoms with Crippen LogP contribution in [0.5, 0.6) is 0 Å². The monoisotopic (exact) mass is 286 g/mol. The van der Waals surface area contributed by atoms with E-state index in [0.29, 0.717) is 24.7 Å². The average molecular weight is 286 g/mol. The lowest BCUT2D eigenvalue weighted by Crippen LogP contribution is -1.95. The van der Waals surface area contributed by atoms with Gasteiger partial charge < -0.3 is 10.3 Å². The van der Waals surface area contributed by atoms with E-state index in [0.717, 1.165) is 21.8 Å². The summed E-state index contributed by atoms with van der Waals surface area (Å²) in [5.74, 6) is 1.18. The minimum Gasteiger partial charge on any atom is -0.334 e. The number of aromatic nitrogens is 3. The summed E-state index contributed by atoms with van der Waals surface area (Å²) in [5.41, 5.74) is 8.57. The van der Waals surface area contributed by atoms with Gasteiger partial charge in [0.05, 0.1) is 6.42 Å². The van der Waals surface area contributed by atoms with Crippen LogP contribution in [-0.2, 0) is 13.0 Å². The number of thiazole rings is 1. The third-order valence-corrected chi connectivity index (χ3v) is 3.85. The second kappa shape index (κ2) is 5.52. The van der Waals surface area contributed by atoms with Crippen LogP contribution in [0.1, 0.15) is 22.1 Å². The summed E-state index contributed by atoms with van der Waals surface area (Å²) in [6.45, 7) is 2.50. The number of nitrogens with two attached hydrogens (primary N) is 1. The highest BCUT2D eigenvalue weighted by Crippen LogP contribution is 2.19. The van der Waals surface area contributed by atoms with Crippen molar-refractivity contribution >= 4 is 11.3 Å². The van der Waals surface area contributed by atoms with Crippen LogP contribution in [0.4, 0.5) is 0 Å². The molecule has 0 amide bonds. The summed E-state index contributed by atoms with van der Waals surface area (Å²) in [6.07, 6.45) is 0.600. The third-order valence-electron chi connectivity index (χ3n) is 2.88. The van der Waals surface area contributed by atoms with Crippen LogP contribution in [0.15, 0.2) is 34.2 Å². The van der Waals surface area contributed by atoms with Gasteiger partial charge >= 0.3 is 0 Å². The van der Waals surface area contributed by atoms with E-state index >= 15 is 0 Å². The zero-order valence-electron chi connectivity index (χ0n) is 11.0. The quantitative estimate of drug-likeness (QED) is 0.797. The summed E-state index contributed by atoms with van der Waals surface area (Å²) in [5, 5.41) is 7.01. The molecule has 0 saturated heterocycles. The van der Waals surface area contributed by atoms with Gasteiger partial charge in [0.2, 0.25) is 0 Å². The Kier molecular flexibility index (Phi) is 3.58. The number of nitrogens with zero attached hydrogens (tertiary/aromatic N) is 3. The van der Waals surface area contributed by atoms with Gasteiger partial charge in [0.1, 0.15) is 5.01 Å². The van der Waals surface area contributed by atoms with E-state index < -0.39 is 0 Å². The normalized spacial score (nSPS) is 10.9. The van der Waals surface area contributed by atoms with Crippen LogP contribution in [-0.4, -0.2) is 15.1 Å². The highest BCUT2D eigenvalue weighted by molar-refractivity contribution is 7.09. The van der Waals surface area contributed by atoms with E-state index in [2.05, 4.69) is 15.1 Å². The van der Waals surface area contributed by atoms with Crippen LogP contribution in [0.3, 0.4) is 0 Å².